The predicted molar refractivity (Wildman–Crippen MR) is 73.9 cm³/mol. The second-order valence-electron chi connectivity index (χ2n) is 5.07. The Morgan fingerprint density at radius 1 is 1.29 bits per heavy atom. The summed E-state index contributed by atoms with van der Waals surface area (Å²) in [6.45, 7) is 0.165. The van der Waals surface area contributed by atoms with Crippen LogP contribution in [0.3, 0.4) is 0 Å². The number of fused-ring (bicyclic) bond motifs is 1. The highest BCUT2D eigenvalue weighted by molar-refractivity contribution is 5.90. The number of nitrogens with zero attached hydrogens (tertiary/aromatic N) is 1. The minimum atomic E-state index is -1.12. The van der Waals surface area contributed by atoms with Crippen LogP contribution in [0.15, 0.2) is 24.3 Å². The van der Waals surface area contributed by atoms with Crippen LogP contribution in [0.2, 0.25) is 0 Å². The maximum Gasteiger partial charge on any atom is 0.326 e. The number of carbonyl (C=O) groups excluding carboxylic acids is 2. The fraction of sp³-hybridized carbons (Fsp3) is 0.357. The van der Waals surface area contributed by atoms with E-state index in [1.165, 1.54) is 4.90 Å². The van der Waals surface area contributed by atoms with E-state index in [0.29, 0.717) is 0 Å². The van der Waals surface area contributed by atoms with Crippen LogP contribution in [0.25, 0.3) is 0 Å². The number of amides is 2. The zero-order chi connectivity index (χ0) is 15.6. The standard InChI is InChI=1S/C14H17N3O4/c15-10(6-12(16)18)13(19)17-7-9-4-2-1-3-8(9)5-11(17)14(20)21/h1-4,10-11H,5-7,15H2,(H2,16,18)(H,20,21)/t10?,11-/m0/s1. The first-order valence-electron chi connectivity index (χ1n) is 6.54. The SMILES string of the molecule is NC(=O)CC(N)C(=O)N1Cc2ccccc2C[C@H]1C(=O)O. The fourth-order valence-corrected chi connectivity index (χ4v) is 2.49. The number of carboxylic acids is 1. The van der Waals surface area contributed by atoms with Crippen molar-refractivity contribution in [2.45, 2.75) is 31.5 Å². The van der Waals surface area contributed by atoms with Gasteiger partial charge in [-0.15, -0.1) is 0 Å². The van der Waals surface area contributed by atoms with E-state index < -0.39 is 29.9 Å². The highest BCUT2D eigenvalue weighted by Crippen LogP contribution is 2.24. The Labute approximate surface area is 121 Å². The van der Waals surface area contributed by atoms with Crippen molar-refractivity contribution in [3.8, 4) is 0 Å². The molecule has 112 valence electrons. The van der Waals surface area contributed by atoms with Crippen LogP contribution >= 0.6 is 0 Å². The van der Waals surface area contributed by atoms with E-state index in [-0.39, 0.29) is 19.4 Å². The van der Waals surface area contributed by atoms with Gasteiger partial charge in [0.1, 0.15) is 6.04 Å². The summed E-state index contributed by atoms with van der Waals surface area (Å²) in [5.74, 6) is -2.36. The van der Waals surface area contributed by atoms with Gasteiger partial charge in [0, 0.05) is 13.0 Å². The molecule has 1 aliphatic heterocycles. The van der Waals surface area contributed by atoms with E-state index >= 15 is 0 Å². The van der Waals surface area contributed by atoms with Crippen molar-refractivity contribution < 1.29 is 19.5 Å². The Morgan fingerprint density at radius 2 is 1.90 bits per heavy atom. The van der Waals surface area contributed by atoms with Gasteiger partial charge in [-0.1, -0.05) is 24.3 Å². The molecule has 1 heterocycles. The largest absolute Gasteiger partial charge is 0.480 e. The van der Waals surface area contributed by atoms with Crippen molar-refractivity contribution in [3.63, 3.8) is 0 Å². The number of benzene rings is 1. The summed E-state index contributed by atoms with van der Waals surface area (Å²) in [5.41, 5.74) is 12.5. The maximum absolute atomic E-state index is 12.3. The number of primary amides is 1. The van der Waals surface area contributed by atoms with Gasteiger partial charge in [0.15, 0.2) is 0 Å². The molecule has 2 amide bonds. The molecule has 0 saturated heterocycles. The number of rotatable bonds is 4. The lowest BCUT2D eigenvalue weighted by atomic mass is 9.93. The second-order valence-corrected chi connectivity index (χ2v) is 5.07. The zero-order valence-corrected chi connectivity index (χ0v) is 11.4. The quantitative estimate of drug-likeness (QED) is 0.671. The molecule has 7 heteroatoms. The molecule has 0 fully saturated rings. The Balaban J connectivity index is 2.26. The lowest BCUT2D eigenvalue weighted by molar-refractivity contribution is -0.152. The first-order chi connectivity index (χ1) is 9.90. The van der Waals surface area contributed by atoms with Crippen molar-refractivity contribution in [2.24, 2.45) is 11.5 Å². The van der Waals surface area contributed by atoms with Crippen LogP contribution in [0.5, 0.6) is 0 Å². The molecule has 0 radical (unpaired) electrons. The van der Waals surface area contributed by atoms with Crippen LogP contribution < -0.4 is 11.5 Å². The highest BCUT2D eigenvalue weighted by Gasteiger charge is 2.36. The number of nitrogens with two attached hydrogens (primary N) is 2. The van der Waals surface area contributed by atoms with E-state index in [1.807, 2.05) is 24.3 Å². The average molecular weight is 291 g/mol. The van der Waals surface area contributed by atoms with E-state index in [4.69, 9.17) is 11.5 Å². The Morgan fingerprint density at radius 3 is 2.48 bits per heavy atom. The van der Waals surface area contributed by atoms with Gasteiger partial charge < -0.3 is 21.5 Å². The third kappa shape index (κ3) is 3.19. The topological polar surface area (TPSA) is 127 Å². The monoisotopic (exact) mass is 291 g/mol. The molecule has 1 aromatic rings. The highest BCUT2D eigenvalue weighted by atomic mass is 16.4. The molecule has 1 unspecified atom stereocenters. The molecule has 0 spiro atoms. The van der Waals surface area contributed by atoms with Gasteiger partial charge in [0.2, 0.25) is 11.8 Å². The van der Waals surface area contributed by atoms with E-state index in [2.05, 4.69) is 0 Å². The molecule has 21 heavy (non-hydrogen) atoms. The normalized spacial score (nSPS) is 18.7. The van der Waals surface area contributed by atoms with E-state index in [0.717, 1.165) is 11.1 Å². The van der Waals surface area contributed by atoms with Gasteiger partial charge in [-0.3, -0.25) is 9.59 Å². The molecule has 5 N–H and O–H groups in total. The van der Waals surface area contributed by atoms with Gasteiger partial charge in [0.25, 0.3) is 0 Å². The zero-order valence-electron chi connectivity index (χ0n) is 11.4. The van der Waals surface area contributed by atoms with Crippen LogP contribution in [0, 0.1) is 0 Å². The Bertz CT molecular complexity index is 587. The van der Waals surface area contributed by atoms with Crippen LogP contribution in [0.4, 0.5) is 0 Å². The summed E-state index contributed by atoms with van der Waals surface area (Å²) in [7, 11) is 0. The lowest BCUT2D eigenvalue weighted by Crippen LogP contribution is -2.54. The molecule has 0 saturated carbocycles. The van der Waals surface area contributed by atoms with Gasteiger partial charge >= 0.3 is 5.97 Å². The molecule has 1 aliphatic rings. The van der Waals surface area contributed by atoms with Crippen LogP contribution in [-0.4, -0.2) is 39.9 Å². The molecule has 1 aromatic carbocycles. The predicted octanol–water partition coefficient (Wildman–Crippen LogP) is -0.773. The summed E-state index contributed by atoms with van der Waals surface area (Å²) in [6, 6.07) is 5.24. The first kappa shape index (κ1) is 15.0. The Hall–Kier alpha value is -2.41. The van der Waals surface area contributed by atoms with Gasteiger partial charge in [0.05, 0.1) is 12.5 Å². The van der Waals surface area contributed by atoms with E-state index in [9.17, 15) is 19.5 Å². The molecule has 0 bridgehead atoms. The third-order valence-corrected chi connectivity index (χ3v) is 3.55. The number of aliphatic carboxylic acids is 1. The van der Waals surface area contributed by atoms with Gasteiger partial charge in [-0.05, 0) is 11.1 Å². The van der Waals surface area contributed by atoms with Crippen LogP contribution in [-0.2, 0) is 27.3 Å². The maximum atomic E-state index is 12.3. The van der Waals surface area contributed by atoms with Crippen molar-refractivity contribution in [1.82, 2.24) is 4.90 Å². The summed E-state index contributed by atoms with van der Waals surface area (Å²) in [4.78, 5) is 35.8. The molecule has 2 atom stereocenters. The summed E-state index contributed by atoms with van der Waals surface area (Å²) in [6.07, 6.45) is -0.0795. The molecule has 0 aliphatic carbocycles. The molecule has 2 rings (SSSR count). The third-order valence-electron chi connectivity index (χ3n) is 3.55. The van der Waals surface area contributed by atoms with Gasteiger partial charge in [-0.25, -0.2) is 4.79 Å². The van der Waals surface area contributed by atoms with Crippen molar-refractivity contribution in [2.75, 3.05) is 0 Å². The average Bonchev–Trinajstić information content (AvgIpc) is 2.44. The number of hydrogen-bond donors (Lipinski definition) is 3. The number of hydrogen-bond acceptors (Lipinski definition) is 4. The molecule has 0 aromatic heterocycles. The molecule has 7 nitrogen and oxygen atoms in total. The Kier molecular flexibility index (Phi) is 4.23. The van der Waals surface area contributed by atoms with Gasteiger partial charge in [-0.2, -0.15) is 0 Å². The fourth-order valence-electron chi connectivity index (χ4n) is 2.49. The summed E-state index contributed by atoms with van der Waals surface area (Å²) >= 11 is 0. The first-order valence-corrected chi connectivity index (χ1v) is 6.54. The van der Waals surface area contributed by atoms with E-state index in [1.54, 1.807) is 0 Å². The number of carbonyl (C=O) groups is 3. The van der Waals surface area contributed by atoms with Crippen molar-refractivity contribution in [3.05, 3.63) is 35.4 Å². The second kappa shape index (κ2) is 5.92. The minimum Gasteiger partial charge on any atom is -0.480 e. The summed E-state index contributed by atoms with van der Waals surface area (Å²) < 4.78 is 0. The lowest BCUT2D eigenvalue weighted by Gasteiger charge is -2.35. The molecular weight excluding hydrogens is 274 g/mol. The minimum absolute atomic E-state index is 0.165. The molecular formula is C14H17N3O4. The van der Waals surface area contributed by atoms with Crippen molar-refractivity contribution >= 4 is 17.8 Å². The van der Waals surface area contributed by atoms with Crippen molar-refractivity contribution in [1.29, 1.82) is 0 Å². The van der Waals surface area contributed by atoms with Crippen LogP contribution in [0.1, 0.15) is 17.5 Å². The number of carboxylic acid groups (broad SMARTS) is 1. The smallest absolute Gasteiger partial charge is 0.326 e. The summed E-state index contributed by atoms with van der Waals surface area (Å²) in [5, 5.41) is 9.32.